The average Bonchev–Trinajstić information content (AvgIpc) is 1.63. The van der Waals surface area contributed by atoms with Crippen molar-refractivity contribution in [1.29, 1.82) is 0 Å². The van der Waals surface area contributed by atoms with Gasteiger partial charge in [-0.2, -0.15) is 8.78 Å². The van der Waals surface area contributed by atoms with Gasteiger partial charge in [-0.25, -0.2) is 72.4 Å². The number of ether oxygens (including phenoxy) is 5. The van der Waals surface area contributed by atoms with Gasteiger partial charge in [-0.05, 0) is 222 Å². The van der Waals surface area contributed by atoms with Crippen LogP contribution in [0.4, 0.5) is 26.3 Å². The van der Waals surface area contributed by atoms with Crippen LogP contribution < -0.4 is 52.4 Å². The first-order chi connectivity index (χ1) is 69.9. The van der Waals surface area contributed by atoms with Crippen molar-refractivity contribution in [3.05, 3.63) is 341 Å². The zero-order valence-electron chi connectivity index (χ0n) is 81.5. The van der Waals surface area contributed by atoms with E-state index in [0.29, 0.717) is 62.9 Å². The summed E-state index contributed by atoms with van der Waals surface area (Å²) in [5.74, 6) is 1.04. The van der Waals surface area contributed by atoms with Gasteiger partial charge in [0.1, 0.15) is 47.2 Å². The summed E-state index contributed by atoms with van der Waals surface area (Å²) in [5.41, 5.74) is 35.3. The first-order valence-electron chi connectivity index (χ1n) is 46.2. The molecule has 10 N–H and O–H groups in total. The van der Waals surface area contributed by atoms with E-state index in [4.69, 9.17) is 57.0 Å². The number of amides is 5. The van der Waals surface area contributed by atoms with Crippen LogP contribution in [0.5, 0.6) is 29.0 Å². The molecule has 0 bridgehead atoms. The quantitative estimate of drug-likeness (QED) is 0.0351. The maximum atomic E-state index is 13.7. The smallest absolute Gasteiger partial charge is 0.387 e. The van der Waals surface area contributed by atoms with Crippen LogP contribution in [-0.2, 0) is 51.7 Å². The normalized spacial score (nSPS) is 21.0. The maximum absolute atomic E-state index is 13.7. The van der Waals surface area contributed by atoms with Crippen molar-refractivity contribution in [1.82, 2.24) is 64.4 Å². The summed E-state index contributed by atoms with van der Waals surface area (Å²) in [6.07, 6.45) is 18.3. The lowest BCUT2D eigenvalue weighted by atomic mass is 9.67. The highest BCUT2D eigenvalue weighted by Gasteiger charge is 2.57. The number of hydrogen-bond donors (Lipinski definition) is 5. The standard InChI is InChI=1S/C23H28FN5O2.C23H22FN5O2.C22H19F2N3O3.C22H21N5O2.C16H15F2N5O2/c1-14-9-19(7-8-20(14)31-15(2)24)23(21(30)29(3)22(25)28-23)18-6-4-5-16(10-18)17-11-26-13-27-12-17;1-14-11-18(7-8-20(14)31-15(2)24)23(21(30)29(3)22(25)28-23)17-6-4-5-16(12-17)19-13-26-9-10-27-19;1-13-11-16(8-9-17(13)30-20(23)24)22(19(28)27(2)21(25)26-22)15-6-3-5-14(12-15)18-7-4-10-29-18;1-3-29-19-9-7-17(8-10-19)22(20(28)27(2)21(23)26-22)18-6-4-5-15(11-18)16-12-24-14-25-13-16;1-9(17)25-15-20-7-11(8-21-15)16(10-4-3-5-12(18)6-10)13(24)23(2)14(19)22-16/h7-9,11-13,15-16,18H,4-6,10H2,1-3H3,(H2,25,28);4-13,15H,1-3H3,(H2,25,28);3-12,20H,1-2H3,(H2,25,26);4-14H,3H2,1-2H3,(H2,23,26);3-9H,1-2H3,(H2,19,22). The molecule has 5 amide bonds. The molecular formula is C106H105F6N23O11. The fraction of sp³-hybridized carbons (Fsp3) is 0.264. The highest BCUT2D eigenvalue weighted by atomic mass is 19.3. The van der Waals surface area contributed by atoms with Crippen molar-refractivity contribution in [2.24, 2.45) is 59.5 Å². The number of aliphatic imine (C=N–C) groups is 5. The number of halogens is 6. The topological polar surface area (TPSA) is 456 Å². The van der Waals surface area contributed by atoms with Crippen molar-refractivity contribution in [3.63, 3.8) is 0 Å². The van der Waals surface area contributed by atoms with Crippen LogP contribution in [0.3, 0.4) is 0 Å². The lowest BCUT2D eigenvalue weighted by Crippen LogP contribution is -2.46. The van der Waals surface area contributed by atoms with E-state index in [0.717, 1.165) is 81.5 Å². The van der Waals surface area contributed by atoms with E-state index in [-0.39, 0.29) is 88.1 Å². The molecular weight excluding hydrogens is 1890 g/mol. The molecule has 6 aliphatic rings. The molecule has 1 fully saturated rings. The van der Waals surface area contributed by atoms with Crippen molar-refractivity contribution in [2.75, 3.05) is 41.8 Å². The lowest BCUT2D eigenvalue weighted by Gasteiger charge is -2.39. The number of aromatic nitrogens is 8. The number of rotatable bonds is 24. The van der Waals surface area contributed by atoms with Gasteiger partial charge in [-0.15, -0.1) is 0 Å². The molecule has 5 aromatic heterocycles. The number of nitrogens with zero attached hydrogens (tertiary/aromatic N) is 18. The summed E-state index contributed by atoms with van der Waals surface area (Å²) >= 11 is 0. The molecule has 752 valence electrons. The molecule has 0 radical (unpaired) electrons. The number of nitrogens with two attached hydrogens (primary N) is 5. The second kappa shape index (κ2) is 43.2. The van der Waals surface area contributed by atoms with E-state index in [1.165, 1.54) is 102 Å². The van der Waals surface area contributed by atoms with Crippen LogP contribution >= 0.6 is 0 Å². The van der Waals surface area contributed by atoms with Crippen LogP contribution in [0.25, 0.3) is 33.7 Å². The molecule has 1 saturated carbocycles. The van der Waals surface area contributed by atoms with Gasteiger partial charge in [-0.1, -0.05) is 103 Å². The third kappa shape index (κ3) is 20.5. The summed E-state index contributed by atoms with van der Waals surface area (Å²) in [6.45, 7) is 8.65. The van der Waals surface area contributed by atoms with Gasteiger partial charge in [0.15, 0.2) is 57.5 Å². The van der Waals surface area contributed by atoms with Crippen LogP contribution in [0.2, 0.25) is 0 Å². The molecule has 19 rings (SSSR count). The fourth-order valence-corrected chi connectivity index (χ4v) is 18.4. The van der Waals surface area contributed by atoms with Gasteiger partial charge >= 0.3 is 12.6 Å². The first kappa shape index (κ1) is 103. The Balaban J connectivity index is 0.000000137. The fourth-order valence-electron chi connectivity index (χ4n) is 18.4. The third-order valence-electron chi connectivity index (χ3n) is 25.7. The van der Waals surface area contributed by atoms with E-state index in [2.05, 4.69) is 64.6 Å². The second-order valence-corrected chi connectivity index (χ2v) is 35.0. The zero-order chi connectivity index (χ0) is 104. The minimum absolute atomic E-state index is 0.0213. The van der Waals surface area contributed by atoms with E-state index in [1.54, 1.807) is 140 Å². The molecule has 8 aromatic carbocycles. The maximum Gasteiger partial charge on any atom is 0.387 e. The Morgan fingerprint density at radius 2 is 0.829 bits per heavy atom. The molecule has 34 nitrogen and oxygen atoms in total. The molecule has 0 spiro atoms. The highest BCUT2D eigenvalue weighted by molar-refractivity contribution is 6.12. The van der Waals surface area contributed by atoms with Crippen molar-refractivity contribution < 1.29 is 78.4 Å². The molecule has 13 aromatic rings. The summed E-state index contributed by atoms with van der Waals surface area (Å²) in [4.78, 5) is 129. The highest BCUT2D eigenvalue weighted by Crippen LogP contribution is 2.52. The average molecular weight is 1990 g/mol. The van der Waals surface area contributed by atoms with E-state index in [1.807, 2.05) is 129 Å². The predicted octanol–water partition coefficient (Wildman–Crippen LogP) is 14.4. The van der Waals surface area contributed by atoms with Crippen LogP contribution in [0.1, 0.15) is 132 Å². The summed E-state index contributed by atoms with van der Waals surface area (Å²) in [7, 11) is 7.88. The van der Waals surface area contributed by atoms with E-state index < -0.39 is 65.1 Å². The number of likely N-dealkylation sites (N-methyl/N-ethyl adjacent to an activating group) is 5. The Kier molecular flexibility index (Phi) is 30.5. The van der Waals surface area contributed by atoms with Crippen molar-refractivity contribution in [2.45, 2.75) is 133 Å². The Hall–Kier alpha value is -17.4. The Bertz CT molecular complexity index is 7150. The number of aryl methyl sites for hydroxylation is 3. The molecule has 5 aliphatic heterocycles. The predicted molar refractivity (Wildman–Crippen MR) is 532 cm³/mol. The molecule has 0 saturated heterocycles. The molecule has 10 atom stereocenters. The number of furan rings is 1. The number of carbonyl (C=O) groups excluding carboxylic acids is 5. The first-order valence-corrected chi connectivity index (χ1v) is 46.2. The van der Waals surface area contributed by atoms with Crippen molar-refractivity contribution in [3.8, 4) is 62.7 Å². The Morgan fingerprint density at radius 3 is 1.27 bits per heavy atom. The van der Waals surface area contributed by atoms with Gasteiger partial charge in [-0.3, -0.25) is 58.4 Å². The van der Waals surface area contributed by atoms with Crippen LogP contribution in [0, 0.1) is 32.5 Å². The lowest BCUT2D eigenvalue weighted by molar-refractivity contribution is -0.133. The van der Waals surface area contributed by atoms with Crippen molar-refractivity contribution >= 4 is 59.3 Å². The largest absolute Gasteiger partial charge is 0.494 e. The van der Waals surface area contributed by atoms with Crippen LogP contribution in [0.15, 0.2) is 292 Å². The summed E-state index contributed by atoms with van der Waals surface area (Å²) in [5, 5.41) is 0. The number of benzene rings is 8. The molecule has 146 heavy (non-hydrogen) atoms. The minimum Gasteiger partial charge on any atom is -0.494 e. The number of carbonyl (C=O) groups is 5. The SMILES string of the molecule is CC(F)Oc1ncc(C2(c3cccc(F)c3)N=C(N)N(C)C2=O)cn1.CCOc1ccc(C2(c3cccc(-c4cncnc4)c3)N=C(N)N(C)C2=O)cc1.Cc1cc(C2(C3CCCC(c4cncnc4)C3)N=C(N)N(C)C2=O)ccc1OC(C)F.Cc1cc(C2(c3cccc(-c4ccco4)c3)N=C(N)N(C)C2=O)ccc1OC(F)F.Cc1cc(C2(c3cccc(-c4cnccn4)c3)N=C(N)N(C)C2=O)ccc1OC(C)F. The molecule has 10 heterocycles. The Morgan fingerprint density at radius 1 is 0.404 bits per heavy atom. The number of hydrogen-bond acceptors (Lipinski definition) is 29. The van der Waals surface area contributed by atoms with Gasteiger partial charge < -0.3 is 56.8 Å². The minimum atomic E-state index is -2.94. The summed E-state index contributed by atoms with van der Waals surface area (Å²) in [6, 6.07) is 53.7. The number of guanidine groups is 5. The summed E-state index contributed by atoms with van der Waals surface area (Å²) < 4.78 is 109. The van der Waals surface area contributed by atoms with Crippen LogP contribution in [-0.4, -0.2) is 191 Å². The van der Waals surface area contributed by atoms with Gasteiger partial charge in [0.2, 0.25) is 19.1 Å². The number of alkyl halides is 5. The van der Waals surface area contributed by atoms with E-state index >= 15 is 0 Å². The van der Waals surface area contributed by atoms with Gasteiger partial charge in [0.05, 0.1) is 24.8 Å². The van der Waals surface area contributed by atoms with Gasteiger partial charge in [0, 0.05) is 128 Å². The molecule has 10 unspecified atom stereocenters. The monoisotopic (exact) mass is 1990 g/mol. The van der Waals surface area contributed by atoms with E-state index in [9.17, 15) is 50.3 Å². The van der Waals surface area contributed by atoms with Gasteiger partial charge in [0.25, 0.3) is 29.5 Å². The second-order valence-electron chi connectivity index (χ2n) is 35.0. The third-order valence-corrected chi connectivity index (χ3v) is 25.7. The zero-order valence-corrected chi connectivity index (χ0v) is 81.5. The molecule has 1 aliphatic carbocycles. The molecule has 40 heteroatoms. The Labute approximate surface area is 836 Å².